The van der Waals surface area contributed by atoms with Crippen LogP contribution in [0.15, 0.2) is 30.3 Å². The van der Waals surface area contributed by atoms with Gasteiger partial charge in [-0.1, -0.05) is 50.6 Å². The van der Waals surface area contributed by atoms with Crippen molar-refractivity contribution in [1.29, 1.82) is 0 Å². The number of carboxylic acids is 1. The minimum atomic E-state index is -1.19. The predicted octanol–water partition coefficient (Wildman–Crippen LogP) is -0.596. The third kappa shape index (κ3) is 8.17. The van der Waals surface area contributed by atoms with Crippen molar-refractivity contribution in [3.8, 4) is 0 Å². The molecule has 0 saturated carbocycles. The fraction of sp³-hybridized carbons (Fsp3) is 0.474. The molecule has 0 aliphatic heterocycles. The molecular weight excluding hydrogens is 364 g/mol. The summed E-state index contributed by atoms with van der Waals surface area (Å²) in [5.41, 5.74) is 6.61. The Hall–Kier alpha value is -2.94. The third-order valence-electron chi connectivity index (χ3n) is 4.33. The Labute approximate surface area is 164 Å². The van der Waals surface area contributed by atoms with E-state index in [0.29, 0.717) is 0 Å². The van der Waals surface area contributed by atoms with Crippen molar-refractivity contribution < 1.29 is 24.3 Å². The van der Waals surface area contributed by atoms with E-state index in [4.69, 9.17) is 10.8 Å². The lowest BCUT2D eigenvalue weighted by Gasteiger charge is -2.20. The van der Waals surface area contributed by atoms with Crippen molar-refractivity contribution in [2.24, 2.45) is 11.7 Å². The van der Waals surface area contributed by atoms with Crippen LogP contribution in [-0.2, 0) is 25.6 Å². The summed E-state index contributed by atoms with van der Waals surface area (Å²) in [6, 6.07) is 7.27. The topological polar surface area (TPSA) is 151 Å². The lowest BCUT2D eigenvalue weighted by atomic mass is 9.99. The number of nitrogens with two attached hydrogens (primary N) is 1. The van der Waals surface area contributed by atoms with E-state index in [1.54, 1.807) is 24.3 Å². The highest BCUT2D eigenvalue weighted by Crippen LogP contribution is 2.05. The number of hydrogen-bond donors (Lipinski definition) is 5. The minimum absolute atomic E-state index is 0.0318. The smallest absolute Gasteiger partial charge is 0.322 e. The molecule has 1 aromatic rings. The first kappa shape index (κ1) is 23.1. The Balaban J connectivity index is 2.68. The van der Waals surface area contributed by atoms with E-state index in [2.05, 4.69) is 16.0 Å². The van der Waals surface area contributed by atoms with Gasteiger partial charge < -0.3 is 26.8 Å². The zero-order valence-corrected chi connectivity index (χ0v) is 16.1. The molecule has 28 heavy (non-hydrogen) atoms. The molecule has 3 amide bonds. The van der Waals surface area contributed by atoms with Crippen LogP contribution in [0.1, 0.15) is 25.8 Å². The molecule has 0 radical (unpaired) electrons. The molecule has 154 valence electrons. The number of amides is 3. The number of carbonyl (C=O) groups is 4. The quantitative estimate of drug-likeness (QED) is 0.339. The van der Waals surface area contributed by atoms with Crippen LogP contribution in [0.5, 0.6) is 0 Å². The molecule has 3 atom stereocenters. The number of rotatable bonds is 11. The molecule has 0 aromatic heterocycles. The van der Waals surface area contributed by atoms with Crippen molar-refractivity contribution in [2.75, 3.05) is 13.1 Å². The monoisotopic (exact) mass is 392 g/mol. The number of carboxylic acid groups (broad SMARTS) is 1. The van der Waals surface area contributed by atoms with E-state index in [1.807, 2.05) is 19.9 Å². The summed E-state index contributed by atoms with van der Waals surface area (Å²) in [7, 11) is 0. The average molecular weight is 392 g/mol. The molecule has 0 fully saturated rings. The van der Waals surface area contributed by atoms with Crippen molar-refractivity contribution in [3.63, 3.8) is 0 Å². The van der Waals surface area contributed by atoms with Gasteiger partial charge in [0.25, 0.3) is 0 Å². The molecule has 1 aromatic carbocycles. The van der Waals surface area contributed by atoms with Crippen molar-refractivity contribution in [1.82, 2.24) is 16.0 Å². The van der Waals surface area contributed by atoms with Gasteiger partial charge in [0, 0.05) is 6.42 Å². The van der Waals surface area contributed by atoms with Crippen molar-refractivity contribution in [3.05, 3.63) is 35.9 Å². The van der Waals surface area contributed by atoms with Crippen LogP contribution in [-0.4, -0.2) is 54.0 Å². The van der Waals surface area contributed by atoms with Gasteiger partial charge in [-0.05, 0) is 11.5 Å². The van der Waals surface area contributed by atoms with Crippen LogP contribution in [0.25, 0.3) is 0 Å². The summed E-state index contributed by atoms with van der Waals surface area (Å²) in [5, 5.41) is 16.0. The number of hydrogen-bond acceptors (Lipinski definition) is 5. The fourth-order valence-corrected chi connectivity index (χ4v) is 2.39. The largest absolute Gasteiger partial charge is 0.480 e. The lowest BCUT2D eigenvalue weighted by Crippen LogP contribution is -2.52. The maximum atomic E-state index is 12.3. The van der Waals surface area contributed by atoms with E-state index < -0.39 is 42.3 Å². The van der Waals surface area contributed by atoms with Gasteiger partial charge in [0.05, 0.1) is 12.6 Å². The Morgan fingerprint density at radius 2 is 1.64 bits per heavy atom. The van der Waals surface area contributed by atoms with Gasteiger partial charge in [0.1, 0.15) is 12.6 Å². The zero-order chi connectivity index (χ0) is 21.1. The Morgan fingerprint density at radius 1 is 1.04 bits per heavy atom. The van der Waals surface area contributed by atoms with Gasteiger partial charge in [-0.3, -0.25) is 19.2 Å². The highest BCUT2D eigenvalue weighted by Gasteiger charge is 2.23. The summed E-state index contributed by atoms with van der Waals surface area (Å²) >= 11 is 0. The molecular formula is C19H28N4O5. The van der Waals surface area contributed by atoms with Crippen LogP contribution in [0.2, 0.25) is 0 Å². The third-order valence-corrected chi connectivity index (χ3v) is 4.33. The molecule has 3 unspecified atom stereocenters. The Morgan fingerprint density at radius 3 is 2.21 bits per heavy atom. The van der Waals surface area contributed by atoms with Crippen LogP contribution >= 0.6 is 0 Å². The summed E-state index contributed by atoms with van der Waals surface area (Å²) in [5.74, 6) is -2.86. The van der Waals surface area contributed by atoms with Gasteiger partial charge in [0.15, 0.2) is 0 Å². The summed E-state index contributed by atoms with van der Waals surface area (Å²) < 4.78 is 0. The van der Waals surface area contributed by atoms with Crippen LogP contribution in [0, 0.1) is 5.92 Å². The first-order valence-corrected chi connectivity index (χ1v) is 9.10. The molecule has 6 N–H and O–H groups in total. The molecule has 0 aliphatic carbocycles. The molecule has 9 nitrogen and oxygen atoms in total. The number of aliphatic carboxylic acids is 1. The number of nitrogens with one attached hydrogen (secondary N) is 3. The van der Waals surface area contributed by atoms with Crippen LogP contribution < -0.4 is 21.7 Å². The summed E-state index contributed by atoms with van der Waals surface area (Å²) in [4.78, 5) is 47.1. The summed E-state index contributed by atoms with van der Waals surface area (Å²) in [6.07, 6.45) is 0.905. The van der Waals surface area contributed by atoms with E-state index in [1.165, 1.54) is 0 Å². The highest BCUT2D eigenvalue weighted by molar-refractivity contribution is 5.92. The van der Waals surface area contributed by atoms with Crippen molar-refractivity contribution >= 4 is 23.7 Å². The maximum Gasteiger partial charge on any atom is 0.322 e. The second-order valence-corrected chi connectivity index (χ2v) is 6.55. The molecule has 1 rings (SSSR count). The zero-order valence-electron chi connectivity index (χ0n) is 16.1. The van der Waals surface area contributed by atoms with Crippen LogP contribution in [0.3, 0.4) is 0 Å². The standard InChI is InChI=1S/C19H28N4O5/c1-3-12(2)17(20)19(28)21-10-15(24)23-14(18(27)22-11-16(25)26)9-13-7-5-4-6-8-13/h4-8,12,14,17H,3,9-11,20H2,1-2H3,(H,21,28)(H,22,27)(H,23,24)(H,25,26). The lowest BCUT2D eigenvalue weighted by molar-refractivity contribution is -0.138. The second kappa shape index (κ2) is 11.7. The van der Waals surface area contributed by atoms with Gasteiger partial charge >= 0.3 is 5.97 Å². The maximum absolute atomic E-state index is 12.3. The Kier molecular flexibility index (Phi) is 9.66. The van der Waals surface area contributed by atoms with E-state index in [0.717, 1.165) is 12.0 Å². The number of carbonyl (C=O) groups excluding carboxylic acids is 3. The van der Waals surface area contributed by atoms with Crippen LogP contribution in [0.4, 0.5) is 0 Å². The molecule has 0 heterocycles. The second-order valence-electron chi connectivity index (χ2n) is 6.55. The molecule has 0 bridgehead atoms. The first-order chi connectivity index (χ1) is 13.2. The molecule has 0 saturated heterocycles. The SMILES string of the molecule is CCC(C)C(N)C(=O)NCC(=O)NC(Cc1ccccc1)C(=O)NCC(=O)O. The normalized spacial score (nSPS) is 13.7. The van der Waals surface area contributed by atoms with Crippen molar-refractivity contribution in [2.45, 2.75) is 38.8 Å². The van der Waals surface area contributed by atoms with E-state index >= 15 is 0 Å². The molecule has 9 heteroatoms. The van der Waals surface area contributed by atoms with Gasteiger partial charge in [-0.15, -0.1) is 0 Å². The predicted molar refractivity (Wildman–Crippen MR) is 103 cm³/mol. The first-order valence-electron chi connectivity index (χ1n) is 9.10. The van der Waals surface area contributed by atoms with Gasteiger partial charge in [-0.25, -0.2) is 0 Å². The highest BCUT2D eigenvalue weighted by atomic mass is 16.4. The Bertz CT molecular complexity index is 680. The fourth-order valence-electron chi connectivity index (χ4n) is 2.39. The van der Waals surface area contributed by atoms with E-state index in [-0.39, 0.29) is 18.9 Å². The van der Waals surface area contributed by atoms with E-state index in [9.17, 15) is 19.2 Å². The van der Waals surface area contributed by atoms with Gasteiger partial charge in [-0.2, -0.15) is 0 Å². The molecule has 0 spiro atoms. The summed E-state index contributed by atoms with van der Waals surface area (Å²) in [6.45, 7) is 2.86. The minimum Gasteiger partial charge on any atom is -0.480 e. The number of benzene rings is 1. The van der Waals surface area contributed by atoms with Gasteiger partial charge in [0.2, 0.25) is 17.7 Å². The average Bonchev–Trinajstić information content (AvgIpc) is 2.69. The molecule has 0 aliphatic rings.